The van der Waals surface area contributed by atoms with E-state index in [1.54, 1.807) is 12.1 Å². The molecule has 1 unspecified atom stereocenters. The van der Waals surface area contributed by atoms with Gasteiger partial charge in [-0.15, -0.1) is 0 Å². The Balaban J connectivity index is 1.03. The second kappa shape index (κ2) is 9.30. The number of amides is 1. The minimum atomic E-state index is -0.161. The molecule has 2 atom stereocenters. The molecule has 2 aromatic carbocycles. The van der Waals surface area contributed by atoms with Crippen LogP contribution in [0.4, 0.5) is 10.1 Å². The van der Waals surface area contributed by atoms with Gasteiger partial charge in [0.25, 0.3) is 5.91 Å². The minimum Gasteiger partial charge on any atom is -0.384 e. The number of carbonyl (C=O) groups is 1. The number of aromatic amines is 1. The fourth-order valence-electron chi connectivity index (χ4n) is 6.58. The second-order valence-electron chi connectivity index (χ2n) is 10.8. The largest absolute Gasteiger partial charge is 0.384 e. The van der Waals surface area contributed by atoms with E-state index in [0.717, 1.165) is 68.6 Å². The topological polar surface area (TPSA) is 51.4 Å². The van der Waals surface area contributed by atoms with Crippen molar-refractivity contribution in [1.29, 1.82) is 0 Å². The van der Waals surface area contributed by atoms with Gasteiger partial charge in [-0.2, -0.15) is 0 Å². The maximum Gasteiger partial charge on any atom is 0.270 e. The van der Waals surface area contributed by atoms with Gasteiger partial charge in [0.1, 0.15) is 11.5 Å². The first-order chi connectivity index (χ1) is 17.0. The molecular weight excluding hydrogens is 439 g/mol. The average molecular weight is 475 g/mol. The van der Waals surface area contributed by atoms with Crippen molar-refractivity contribution in [3.05, 3.63) is 65.1 Å². The predicted molar refractivity (Wildman–Crippen MR) is 139 cm³/mol. The monoisotopic (exact) mass is 474 g/mol. The third kappa shape index (κ3) is 4.44. The van der Waals surface area contributed by atoms with E-state index < -0.39 is 0 Å². The van der Waals surface area contributed by atoms with Gasteiger partial charge in [0.05, 0.1) is 0 Å². The fourth-order valence-corrected chi connectivity index (χ4v) is 6.58. The van der Waals surface area contributed by atoms with Crippen molar-refractivity contribution in [1.82, 2.24) is 14.8 Å². The molecule has 2 N–H and O–H groups in total. The Kier molecular flexibility index (Phi) is 6.01. The zero-order chi connectivity index (χ0) is 23.9. The Morgan fingerprint density at radius 1 is 1.06 bits per heavy atom. The third-order valence-corrected chi connectivity index (χ3v) is 8.55. The summed E-state index contributed by atoms with van der Waals surface area (Å²) in [7, 11) is 0. The van der Waals surface area contributed by atoms with Crippen LogP contribution in [0.2, 0.25) is 0 Å². The van der Waals surface area contributed by atoms with Crippen molar-refractivity contribution < 1.29 is 9.18 Å². The number of likely N-dealkylation sites (tertiary alicyclic amines) is 2. The number of hydrogen-bond donors (Lipinski definition) is 2. The number of hydrogen-bond acceptors (Lipinski definition) is 3. The number of carbonyl (C=O) groups excluding carboxylic acids is 1. The lowest BCUT2D eigenvalue weighted by molar-refractivity contribution is 0.0709. The first-order valence-electron chi connectivity index (χ1n) is 13.2. The maximum absolute atomic E-state index is 13.6. The molecule has 0 aliphatic carbocycles. The molecule has 6 rings (SSSR count). The first kappa shape index (κ1) is 22.6. The maximum atomic E-state index is 13.6. The molecule has 6 heteroatoms. The molecular formula is C29H35FN4O. The molecule has 1 amide bonds. The minimum absolute atomic E-state index is 0.142. The van der Waals surface area contributed by atoms with Crippen LogP contribution in [0.25, 0.3) is 10.9 Å². The summed E-state index contributed by atoms with van der Waals surface area (Å²) in [4.78, 5) is 21.4. The smallest absolute Gasteiger partial charge is 0.270 e. The van der Waals surface area contributed by atoms with E-state index in [4.69, 9.17) is 0 Å². The molecule has 1 aromatic heterocycles. The van der Waals surface area contributed by atoms with Crippen LogP contribution in [0, 0.1) is 18.7 Å². The number of nitrogens with zero attached hydrogens (tertiary/aromatic N) is 2. The van der Waals surface area contributed by atoms with E-state index in [1.807, 2.05) is 12.1 Å². The van der Waals surface area contributed by atoms with Crippen LogP contribution in [0.1, 0.15) is 59.6 Å². The van der Waals surface area contributed by atoms with Crippen LogP contribution >= 0.6 is 0 Å². The average Bonchev–Trinajstić information content (AvgIpc) is 3.60. The lowest BCUT2D eigenvalue weighted by Crippen LogP contribution is -2.41. The number of halogens is 1. The number of fused-ring (bicyclic) bond motifs is 2. The Labute approximate surface area is 206 Å². The highest BCUT2D eigenvalue weighted by Gasteiger charge is 2.34. The lowest BCUT2D eigenvalue weighted by atomic mass is 9.81. The summed E-state index contributed by atoms with van der Waals surface area (Å²) in [6.45, 7) is 7.13. The van der Waals surface area contributed by atoms with E-state index in [0.29, 0.717) is 23.6 Å². The summed E-state index contributed by atoms with van der Waals surface area (Å²) < 4.78 is 13.6. The summed E-state index contributed by atoms with van der Waals surface area (Å²) in [5, 5.41) is 4.51. The molecule has 35 heavy (non-hydrogen) atoms. The molecule has 3 aliphatic heterocycles. The Morgan fingerprint density at radius 2 is 1.91 bits per heavy atom. The number of aryl methyl sites for hydroxylation is 1. The zero-order valence-electron chi connectivity index (χ0n) is 20.5. The molecule has 0 saturated carbocycles. The number of nitrogens with one attached hydrogen (secondary N) is 2. The van der Waals surface area contributed by atoms with Crippen molar-refractivity contribution in [2.45, 2.75) is 51.0 Å². The summed E-state index contributed by atoms with van der Waals surface area (Å²) in [6.07, 6.45) is 5.61. The zero-order valence-corrected chi connectivity index (χ0v) is 20.5. The Bertz CT molecular complexity index is 1230. The number of anilines is 1. The van der Waals surface area contributed by atoms with Gasteiger partial charge in [-0.25, -0.2) is 4.39 Å². The molecule has 3 aliphatic rings. The summed E-state index contributed by atoms with van der Waals surface area (Å²) >= 11 is 0. The standard InChI is InChI=1S/C29H35FN4O/c1-19-4-5-21-16-28(32-26(21)15-19)29(35)34-11-2-3-23(34)10-14-33-12-8-20(9-13-33)25-18-31-27-17-22(30)6-7-24(25)27/h4-7,15-17,20,23,25,31-32H,2-3,8-14,18H2,1H3/t23-,25?/m0/s1. The van der Waals surface area contributed by atoms with Gasteiger partial charge in [-0.3, -0.25) is 4.79 Å². The molecule has 184 valence electrons. The summed E-state index contributed by atoms with van der Waals surface area (Å²) in [5.41, 5.74) is 5.22. The highest BCUT2D eigenvalue weighted by molar-refractivity contribution is 5.98. The first-order valence-corrected chi connectivity index (χ1v) is 13.2. The molecule has 2 saturated heterocycles. The molecule has 4 heterocycles. The predicted octanol–water partition coefficient (Wildman–Crippen LogP) is 5.53. The van der Waals surface area contributed by atoms with Gasteiger partial charge in [0.15, 0.2) is 0 Å². The SMILES string of the molecule is Cc1ccc2cc(C(=O)N3CCC[C@H]3CCN3CCC(C4CNc5cc(F)ccc54)CC3)[nH]c2c1. The molecule has 2 fully saturated rings. The van der Waals surface area contributed by atoms with Crippen LogP contribution in [0.5, 0.6) is 0 Å². The molecule has 5 nitrogen and oxygen atoms in total. The number of H-pyrrole nitrogens is 1. The van der Waals surface area contributed by atoms with Crippen molar-refractivity contribution >= 4 is 22.5 Å². The van der Waals surface area contributed by atoms with Crippen molar-refractivity contribution in [2.24, 2.45) is 5.92 Å². The van der Waals surface area contributed by atoms with Gasteiger partial charge >= 0.3 is 0 Å². The highest BCUT2D eigenvalue weighted by atomic mass is 19.1. The Hall–Kier alpha value is -2.86. The number of aromatic nitrogens is 1. The number of benzene rings is 2. The van der Waals surface area contributed by atoms with Crippen LogP contribution < -0.4 is 5.32 Å². The molecule has 3 aromatic rings. The van der Waals surface area contributed by atoms with Gasteiger partial charge < -0.3 is 20.1 Å². The van der Waals surface area contributed by atoms with Gasteiger partial charge in [0.2, 0.25) is 0 Å². The van der Waals surface area contributed by atoms with Crippen LogP contribution in [0.3, 0.4) is 0 Å². The normalized spacial score (nSPS) is 23.1. The van der Waals surface area contributed by atoms with Crippen LogP contribution in [0.15, 0.2) is 42.5 Å². The summed E-state index contributed by atoms with van der Waals surface area (Å²) in [5.74, 6) is 1.13. The number of rotatable bonds is 5. The van der Waals surface area contributed by atoms with Gasteiger partial charge in [0, 0.05) is 48.2 Å². The van der Waals surface area contributed by atoms with E-state index >= 15 is 0 Å². The van der Waals surface area contributed by atoms with Crippen molar-refractivity contribution in [3.63, 3.8) is 0 Å². The van der Waals surface area contributed by atoms with E-state index in [2.05, 4.69) is 45.2 Å². The molecule has 0 radical (unpaired) electrons. The van der Waals surface area contributed by atoms with Gasteiger partial charge in [-0.1, -0.05) is 18.2 Å². The van der Waals surface area contributed by atoms with E-state index in [9.17, 15) is 9.18 Å². The lowest BCUT2D eigenvalue weighted by Gasteiger charge is -2.36. The number of piperidine rings is 1. The van der Waals surface area contributed by atoms with E-state index in [-0.39, 0.29) is 11.7 Å². The molecule has 0 bridgehead atoms. The fraction of sp³-hybridized carbons (Fsp3) is 0.483. The Morgan fingerprint density at radius 3 is 2.77 bits per heavy atom. The third-order valence-electron chi connectivity index (χ3n) is 8.55. The molecule has 0 spiro atoms. The van der Waals surface area contributed by atoms with Gasteiger partial charge in [-0.05, 0) is 93.4 Å². The summed E-state index contributed by atoms with van der Waals surface area (Å²) in [6, 6.07) is 13.8. The second-order valence-corrected chi connectivity index (χ2v) is 10.8. The van der Waals surface area contributed by atoms with Crippen molar-refractivity contribution in [2.75, 3.05) is 38.0 Å². The van der Waals surface area contributed by atoms with E-state index in [1.165, 1.54) is 24.0 Å². The van der Waals surface area contributed by atoms with Crippen molar-refractivity contribution in [3.8, 4) is 0 Å². The van der Waals surface area contributed by atoms with Crippen LogP contribution in [-0.2, 0) is 0 Å². The van der Waals surface area contributed by atoms with Crippen LogP contribution in [-0.4, -0.2) is 59.5 Å². The highest BCUT2D eigenvalue weighted by Crippen LogP contribution is 2.40. The quantitative estimate of drug-likeness (QED) is 0.511.